The summed E-state index contributed by atoms with van der Waals surface area (Å²) in [7, 11) is 0. The van der Waals surface area contributed by atoms with Crippen LogP contribution in [-0.2, 0) is 12.8 Å². The second-order valence-corrected chi connectivity index (χ2v) is 8.95. The highest BCUT2D eigenvalue weighted by Gasteiger charge is 2.28. The molecule has 178 valence electrons. The SMILES string of the molecule is O=C(c1cncc(Cc2cccc(F)c2)c1)N1CCCC(c2ncc(Cc3cccc(F)c3)o2)C1. The maximum atomic E-state index is 13.5. The molecule has 1 amide bonds. The highest BCUT2D eigenvalue weighted by atomic mass is 19.1. The van der Waals surface area contributed by atoms with Gasteiger partial charge in [-0.05, 0) is 66.3 Å². The Kier molecular flexibility index (Phi) is 6.66. The molecule has 5 rings (SSSR count). The second-order valence-electron chi connectivity index (χ2n) is 8.95. The lowest BCUT2D eigenvalue weighted by Crippen LogP contribution is -2.39. The van der Waals surface area contributed by atoms with Gasteiger partial charge in [0.2, 0.25) is 0 Å². The van der Waals surface area contributed by atoms with Gasteiger partial charge in [0.25, 0.3) is 5.91 Å². The molecule has 5 nitrogen and oxygen atoms in total. The molecule has 2 aromatic carbocycles. The fourth-order valence-corrected chi connectivity index (χ4v) is 4.57. The molecule has 7 heteroatoms. The van der Waals surface area contributed by atoms with Crippen LogP contribution < -0.4 is 0 Å². The van der Waals surface area contributed by atoms with E-state index in [9.17, 15) is 13.6 Å². The lowest BCUT2D eigenvalue weighted by atomic mass is 9.97. The van der Waals surface area contributed by atoms with E-state index in [4.69, 9.17) is 4.42 Å². The van der Waals surface area contributed by atoms with Gasteiger partial charge in [-0.1, -0.05) is 24.3 Å². The van der Waals surface area contributed by atoms with Crippen molar-refractivity contribution in [3.63, 3.8) is 0 Å². The number of rotatable bonds is 6. The third-order valence-corrected chi connectivity index (χ3v) is 6.24. The molecule has 1 saturated heterocycles. The van der Waals surface area contributed by atoms with E-state index in [1.54, 1.807) is 30.7 Å². The van der Waals surface area contributed by atoms with Crippen molar-refractivity contribution in [2.75, 3.05) is 13.1 Å². The van der Waals surface area contributed by atoms with Crippen LogP contribution in [0.5, 0.6) is 0 Å². The fraction of sp³-hybridized carbons (Fsp3) is 0.250. The maximum absolute atomic E-state index is 13.5. The molecule has 0 saturated carbocycles. The zero-order chi connectivity index (χ0) is 24.2. The van der Waals surface area contributed by atoms with E-state index in [1.165, 1.54) is 24.3 Å². The lowest BCUT2D eigenvalue weighted by Gasteiger charge is -2.31. The molecule has 0 spiro atoms. The Morgan fingerprint density at radius 2 is 1.69 bits per heavy atom. The van der Waals surface area contributed by atoms with Gasteiger partial charge in [0.05, 0.1) is 17.7 Å². The molecular weight excluding hydrogens is 448 g/mol. The quantitative estimate of drug-likeness (QED) is 0.369. The Balaban J connectivity index is 1.25. The Hall–Kier alpha value is -3.87. The van der Waals surface area contributed by atoms with Crippen LogP contribution >= 0.6 is 0 Å². The van der Waals surface area contributed by atoms with Gasteiger partial charge in [0, 0.05) is 31.9 Å². The Bertz CT molecular complexity index is 1340. The van der Waals surface area contributed by atoms with Crippen molar-refractivity contribution in [3.05, 3.63) is 119 Å². The van der Waals surface area contributed by atoms with Gasteiger partial charge in [0.15, 0.2) is 5.89 Å². The molecule has 1 aliphatic heterocycles. The summed E-state index contributed by atoms with van der Waals surface area (Å²) in [4.78, 5) is 23.8. The zero-order valence-corrected chi connectivity index (χ0v) is 19.2. The van der Waals surface area contributed by atoms with Crippen molar-refractivity contribution in [3.8, 4) is 0 Å². The molecule has 0 aliphatic carbocycles. The van der Waals surface area contributed by atoms with Crippen molar-refractivity contribution >= 4 is 5.91 Å². The number of likely N-dealkylation sites (tertiary alicyclic amines) is 1. The standard InChI is InChI=1S/C28H25F2N3O2/c29-24-7-1-4-19(12-24)10-21-11-23(16-31-15-21)28(34)33-9-3-6-22(18-33)27-32-17-26(35-27)14-20-5-2-8-25(30)13-20/h1-2,4-5,7-8,11-13,15-17,22H,3,6,9-10,14,18H2. The summed E-state index contributed by atoms with van der Waals surface area (Å²) >= 11 is 0. The van der Waals surface area contributed by atoms with E-state index in [0.717, 1.165) is 29.5 Å². The summed E-state index contributed by atoms with van der Waals surface area (Å²) in [5, 5.41) is 0. The van der Waals surface area contributed by atoms with Crippen LogP contribution in [0.2, 0.25) is 0 Å². The Labute approximate surface area is 202 Å². The molecule has 0 bridgehead atoms. The molecule has 1 aliphatic rings. The van der Waals surface area contributed by atoms with E-state index in [1.807, 2.05) is 23.1 Å². The van der Waals surface area contributed by atoms with Crippen LogP contribution in [0.25, 0.3) is 0 Å². The zero-order valence-electron chi connectivity index (χ0n) is 19.2. The van der Waals surface area contributed by atoms with Crippen LogP contribution in [0.4, 0.5) is 8.78 Å². The van der Waals surface area contributed by atoms with Gasteiger partial charge in [-0.15, -0.1) is 0 Å². The first kappa shape index (κ1) is 22.9. The number of benzene rings is 2. The van der Waals surface area contributed by atoms with E-state index < -0.39 is 0 Å². The minimum atomic E-state index is -0.285. The third-order valence-electron chi connectivity index (χ3n) is 6.24. The monoisotopic (exact) mass is 473 g/mol. The minimum absolute atomic E-state index is 0.00241. The number of amides is 1. The summed E-state index contributed by atoms with van der Waals surface area (Å²) in [6.07, 6.45) is 7.64. The van der Waals surface area contributed by atoms with Crippen molar-refractivity contribution in [1.29, 1.82) is 0 Å². The molecule has 0 radical (unpaired) electrons. The lowest BCUT2D eigenvalue weighted by molar-refractivity contribution is 0.0697. The van der Waals surface area contributed by atoms with Gasteiger partial charge < -0.3 is 9.32 Å². The number of halogens is 2. The number of carbonyl (C=O) groups is 1. The van der Waals surface area contributed by atoms with Crippen LogP contribution in [0.3, 0.4) is 0 Å². The van der Waals surface area contributed by atoms with Gasteiger partial charge in [-0.3, -0.25) is 9.78 Å². The van der Waals surface area contributed by atoms with E-state index >= 15 is 0 Å². The van der Waals surface area contributed by atoms with Gasteiger partial charge >= 0.3 is 0 Å². The first-order valence-electron chi connectivity index (χ1n) is 11.7. The highest BCUT2D eigenvalue weighted by Crippen LogP contribution is 2.28. The number of oxazole rings is 1. The first-order chi connectivity index (χ1) is 17.0. The highest BCUT2D eigenvalue weighted by molar-refractivity contribution is 5.94. The van der Waals surface area contributed by atoms with Crippen LogP contribution in [0, 0.1) is 11.6 Å². The van der Waals surface area contributed by atoms with Crippen LogP contribution in [-0.4, -0.2) is 33.9 Å². The molecule has 1 unspecified atom stereocenters. The number of carbonyl (C=O) groups excluding carboxylic acids is 1. The summed E-state index contributed by atoms with van der Waals surface area (Å²) in [6.45, 7) is 1.16. The van der Waals surface area contributed by atoms with Crippen molar-refractivity contribution in [1.82, 2.24) is 14.9 Å². The van der Waals surface area contributed by atoms with Crippen molar-refractivity contribution in [2.45, 2.75) is 31.6 Å². The van der Waals surface area contributed by atoms with E-state index in [-0.39, 0.29) is 23.5 Å². The molecular formula is C28H25F2N3O2. The van der Waals surface area contributed by atoms with E-state index in [2.05, 4.69) is 9.97 Å². The summed E-state index contributed by atoms with van der Waals surface area (Å²) in [5.41, 5.74) is 3.01. The van der Waals surface area contributed by atoms with Crippen LogP contribution in [0.15, 0.2) is 77.6 Å². The molecule has 3 heterocycles. The normalized spacial score (nSPS) is 15.8. The minimum Gasteiger partial charge on any atom is -0.445 e. The number of hydrogen-bond donors (Lipinski definition) is 0. The topological polar surface area (TPSA) is 59.2 Å². The van der Waals surface area contributed by atoms with Crippen molar-refractivity contribution in [2.24, 2.45) is 0 Å². The summed E-state index contributed by atoms with van der Waals surface area (Å²) < 4.78 is 33.0. The number of piperidine rings is 1. The smallest absolute Gasteiger partial charge is 0.255 e. The van der Waals surface area contributed by atoms with Gasteiger partial charge in [0.1, 0.15) is 17.4 Å². The molecule has 2 aromatic heterocycles. The number of pyridine rings is 1. The Morgan fingerprint density at radius 1 is 0.943 bits per heavy atom. The molecule has 0 N–H and O–H groups in total. The second kappa shape index (κ2) is 10.2. The van der Waals surface area contributed by atoms with Crippen LogP contribution in [0.1, 0.15) is 57.5 Å². The summed E-state index contributed by atoms with van der Waals surface area (Å²) in [5.74, 6) is 0.619. The molecule has 4 aromatic rings. The molecule has 1 atom stereocenters. The first-order valence-corrected chi connectivity index (χ1v) is 11.7. The largest absolute Gasteiger partial charge is 0.445 e. The van der Waals surface area contributed by atoms with E-state index in [0.29, 0.717) is 43.1 Å². The predicted molar refractivity (Wildman–Crippen MR) is 127 cm³/mol. The number of nitrogens with zero attached hydrogens (tertiary/aromatic N) is 3. The fourth-order valence-electron chi connectivity index (χ4n) is 4.57. The maximum Gasteiger partial charge on any atom is 0.255 e. The average molecular weight is 474 g/mol. The summed E-state index contributed by atoms with van der Waals surface area (Å²) in [6, 6.07) is 14.7. The number of aromatic nitrogens is 2. The van der Waals surface area contributed by atoms with Crippen molar-refractivity contribution < 1.29 is 18.0 Å². The third kappa shape index (κ3) is 5.62. The molecule has 1 fully saturated rings. The molecule has 35 heavy (non-hydrogen) atoms. The van der Waals surface area contributed by atoms with Gasteiger partial charge in [-0.25, -0.2) is 13.8 Å². The Morgan fingerprint density at radius 3 is 2.43 bits per heavy atom. The average Bonchev–Trinajstić information content (AvgIpc) is 3.32. The predicted octanol–water partition coefficient (Wildman–Crippen LogP) is 5.55. The number of hydrogen-bond acceptors (Lipinski definition) is 4. The van der Waals surface area contributed by atoms with Gasteiger partial charge in [-0.2, -0.15) is 0 Å².